The Bertz CT molecular complexity index is 385. The van der Waals surface area contributed by atoms with Crippen molar-refractivity contribution < 1.29 is 19.1 Å². The third kappa shape index (κ3) is 2.89. The lowest BCUT2D eigenvalue weighted by atomic mass is 9.84. The van der Waals surface area contributed by atoms with Gasteiger partial charge in [-0.25, -0.2) is 0 Å². The number of ether oxygens (including phenoxy) is 2. The van der Waals surface area contributed by atoms with Crippen LogP contribution in [0.3, 0.4) is 0 Å². The van der Waals surface area contributed by atoms with Crippen molar-refractivity contribution in [1.82, 2.24) is 3.53 Å². The average Bonchev–Trinajstić information content (AvgIpc) is 2.52. The minimum atomic E-state index is -0.906. The van der Waals surface area contributed by atoms with E-state index in [0.29, 0.717) is 0 Å². The van der Waals surface area contributed by atoms with Gasteiger partial charge < -0.3 is 9.47 Å². The fourth-order valence-corrected chi connectivity index (χ4v) is 2.57. The van der Waals surface area contributed by atoms with E-state index in [-0.39, 0.29) is 18.0 Å². The van der Waals surface area contributed by atoms with Crippen molar-refractivity contribution in [2.75, 3.05) is 0 Å². The Morgan fingerprint density at radius 3 is 2.42 bits per heavy atom. The number of halogens is 1. The summed E-state index contributed by atoms with van der Waals surface area (Å²) in [6.45, 7) is 10.8. The number of carbonyl (C=O) groups is 2. The molecule has 0 spiro atoms. The molecule has 19 heavy (non-hydrogen) atoms. The summed E-state index contributed by atoms with van der Waals surface area (Å²) in [6.07, 6.45) is -0.433. The molecule has 0 aromatic heterocycles. The maximum Gasteiger partial charge on any atom is 0.313 e. The highest BCUT2D eigenvalue weighted by Gasteiger charge is 2.54. The minimum absolute atomic E-state index is 0.0483. The minimum Gasteiger partial charge on any atom is -0.458 e. The van der Waals surface area contributed by atoms with Crippen LogP contribution in [0.5, 0.6) is 0 Å². The third-order valence-electron chi connectivity index (χ3n) is 4.40. The molecule has 1 aliphatic rings. The van der Waals surface area contributed by atoms with Gasteiger partial charge >= 0.3 is 11.9 Å². The Hall–Kier alpha value is -0.370. The van der Waals surface area contributed by atoms with Crippen LogP contribution in [0.4, 0.5) is 0 Å². The quantitative estimate of drug-likeness (QED) is 0.458. The predicted octanol–water partition coefficient (Wildman–Crippen LogP) is 2.22. The molecule has 1 N–H and O–H groups in total. The smallest absolute Gasteiger partial charge is 0.313 e. The molecule has 1 heterocycles. The number of nitrogens with one attached hydrogen (secondary N) is 1. The van der Waals surface area contributed by atoms with Gasteiger partial charge in [-0.1, -0.05) is 0 Å². The molecule has 0 saturated carbocycles. The fourth-order valence-electron chi connectivity index (χ4n) is 1.80. The van der Waals surface area contributed by atoms with E-state index in [1.54, 1.807) is 20.8 Å². The first kappa shape index (κ1) is 16.7. The molecule has 0 aromatic rings. The SMILES string of the molecule is CC(NI)C(C)(C)C(=O)OC1(C)C(C)OC(=O)C1C. The number of hydrogen-bond acceptors (Lipinski definition) is 5. The Morgan fingerprint density at radius 1 is 1.53 bits per heavy atom. The van der Waals surface area contributed by atoms with Crippen LogP contribution in [0.1, 0.15) is 41.5 Å². The summed E-state index contributed by atoms with van der Waals surface area (Å²) in [7, 11) is 0. The molecule has 0 bridgehead atoms. The molecule has 1 rings (SSSR count). The van der Waals surface area contributed by atoms with Gasteiger partial charge in [-0.15, -0.1) is 0 Å². The molecule has 0 aromatic carbocycles. The second kappa shape index (κ2) is 5.55. The van der Waals surface area contributed by atoms with Crippen LogP contribution in [-0.4, -0.2) is 29.7 Å². The molecule has 1 fully saturated rings. The maximum absolute atomic E-state index is 12.4. The molecule has 0 radical (unpaired) electrons. The topological polar surface area (TPSA) is 64.6 Å². The number of rotatable bonds is 4. The standard InChI is InChI=1S/C13H22INO4/c1-7-10(16)18-9(3)13(7,6)19-11(17)12(4,5)8(2)15-14/h7-9,15H,1-6H3. The highest BCUT2D eigenvalue weighted by atomic mass is 127. The molecule has 0 amide bonds. The van der Waals surface area contributed by atoms with Gasteiger partial charge in [0.1, 0.15) is 6.10 Å². The van der Waals surface area contributed by atoms with Crippen LogP contribution >= 0.6 is 22.9 Å². The summed E-state index contributed by atoms with van der Waals surface area (Å²) in [5.41, 5.74) is -1.59. The summed E-state index contributed by atoms with van der Waals surface area (Å²) in [5.74, 6) is -1.10. The molecular weight excluding hydrogens is 361 g/mol. The van der Waals surface area contributed by atoms with Crippen molar-refractivity contribution in [2.24, 2.45) is 11.3 Å². The van der Waals surface area contributed by atoms with Crippen LogP contribution in [0, 0.1) is 11.3 Å². The van der Waals surface area contributed by atoms with E-state index in [0.717, 1.165) is 0 Å². The van der Waals surface area contributed by atoms with Crippen molar-refractivity contribution in [2.45, 2.75) is 59.3 Å². The van der Waals surface area contributed by atoms with Crippen molar-refractivity contribution in [3.63, 3.8) is 0 Å². The monoisotopic (exact) mass is 383 g/mol. The van der Waals surface area contributed by atoms with E-state index in [4.69, 9.17) is 9.47 Å². The molecular formula is C13H22INO4. The lowest BCUT2D eigenvalue weighted by molar-refractivity contribution is -0.177. The largest absolute Gasteiger partial charge is 0.458 e. The number of cyclic esters (lactones) is 1. The van der Waals surface area contributed by atoms with Gasteiger partial charge in [-0.05, 0) is 41.5 Å². The van der Waals surface area contributed by atoms with E-state index in [1.165, 1.54) is 0 Å². The summed E-state index contributed by atoms with van der Waals surface area (Å²) in [6, 6.07) is -0.0483. The van der Waals surface area contributed by atoms with Crippen LogP contribution in [-0.2, 0) is 19.1 Å². The van der Waals surface area contributed by atoms with E-state index >= 15 is 0 Å². The Morgan fingerprint density at radius 2 is 2.05 bits per heavy atom. The van der Waals surface area contributed by atoms with Crippen molar-refractivity contribution in [3.05, 3.63) is 0 Å². The summed E-state index contributed by atoms with van der Waals surface area (Å²) in [4.78, 5) is 24.0. The first-order valence-corrected chi connectivity index (χ1v) is 7.45. The second-order valence-corrected chi connectivity index (χ2v) is 6.55. The van der Waals surface area contributed by atoms with E-state index in [1.807, 2.05) is 43.6 Å². The normalized spacial score (nSPS) is 32.9. The maximum atomic E-state index is 12.4. The van der Waals surface area contributed by atoms with Gasteiger partial charge in [0, 0.05) is 28.9 Å². The zero-order valence-corrected chi connectivity index (χ0v) is 14.4. The first-order chi connectivity index (χ1) is 8.57. The zero-order chi connectivity index (χ0) is 15.0. The highest BCUT2D eigenvalue weighted by molar-refractivity contribution is 14.1. The van der Waals surface area contributed by atoms with Gasteiger partial charge in [0.25, 0.3) is 0 Å². The van der Waals surface area contributed by atoms with E-state index in [2.05, 4.69) is 3.53 Å². The van der Waals surface area contributed by atoms with Crippen molar-refractivity contribution >= 4 is 34.8 Å². The number of esters is 2. The molecule has 5 nitrogen and oxygen atoms in total. The van der Waals surface area contributed by atoms with Gasteiger partial charge in [-0.3, -0.25) is 13.1 Å². The van der Waals surface area contributed by atoms with Crippen LogP contribution in [0.25, 0.3) is 0 Å². The van der Waals surface area contributed by atoms with E-state index in [9.17, 15) is 9.59 Å². The van der Waals surface area contributed by atoms with Crippen LogP contribution in [0.2, 0.25) is 0 Å². The lowest BCUT2D eigenvalue weighted by Gasteiger charge is -2.35. The molecule has 0 aliphatic carbocycles. The van der Waals surface area contributed by atoms with Gasteiger partial charge in [0.15, 0.2) is 5.60 Å². The van der Waals surface area contributed by atoms with Gasteiger partial charge in [0.05, 0.1) is 11.3 Å². The molecule has 1 saturated heterocycles. The van der Waals surface area contributed by atoms with Gasteiger partial charge in [-0.2, -0.15) is 0 Å². The van der Waals surface area contributed by atoms with E-state index < -0.39 is 23.0 Å². The molecule has 110 valence electrons. The Kier molecular flexibility index (Phi) is 4.88. The molecule has 1 aliphatic heterocycles. The summed E-state index contributed by atoms with van der Waals surface area (Å²) in [5, 5.41) is 0. The van der Waals surface area contributed by atoms with Crippen LogP contribution < -0.4 is 3.53 Å². The fraction of sp³-hybridized carbons (Fsp3) is 0.846. The predicted molar refractivity (Wildman–Crippen MR) is 79.6 cm³/mol. The zero-order valence-electron chi connectivity index (χ0n) is 12.2. The summed E-state index contributed by atoms with van der Waals surface area (Å²) < 4.78 is 13.8. The molecule has 6 heteroatoms. The Balaban J connectivity index is 2.90. The van der Waals surface area contributed by atoms with Crippen molar-refractivity contribution in [3.8, 4) is 0 Å². The number of hydrogen-bond donors (Lipinski definition) is 1. The highest BCUT2D eigenvalue weighted by Crippen LogP contribution is 2.38. The molecule has 4 unspecified atom stereocenters. The van der Waals surface area contributed by atoms with Crippen molar-refractivity contribution in [1.29, 1.82) is 0 Å². The third-order valence-corrected chi connectivity index (χ3v) is 5.33. The second-order valence-electron chi connectivity index (χ2n) is 5.93. The average molecular weight is 383 g/mol. The number of carbonyl (C=O) groups excluding carboxylic acids is 2. The first-order valence-electron chi connectivity index (χ1n) is 6.37. The Labute approximate surface area is 128 Å². The molecule has 4 atom stereocenters. The summed E-state index contributed by atoms with van der Waals surface area (Å²) >= 11 is 2.02. The van der Waals surface area contributed by atoms with Crippen LogP contribution in [0.15, 0.2) is 0 Å². The lowest BCUT2D eigenvalue weighted by Crippen LogP contribution is -2.50. The van der Waals surface area contributed by atoms with Gasteiger partial charge in [0.2, 0.25) is 0 Å².